The maximum Gasteiger partial charge on any atom is 0.200 e. The SMILES string of the molecule is CC=CCCc1ccc(OCC(F)Cc2ccc(OCC)c(F)c2F)c(F)c1F. The maximum absolute atomic E-state index is 14.2. The Balaban J connectivity index is 2.00. The fourth-order valence-corrected chi connectivity index (χ4v) is 2.76. The lowest BCUT2D eigenvalue weighted by Gasteiger charge is -2.14. The van der Waals surface area contributed by atoms with Crippen molar-refractivity contribution in [2.45, 2.75) is 39.3 Å². The molecule has 0 aliphatic carbocycles. The van der Waals surface area contributed by atoms with Crippen LogP contribution < -0.4 is 9.47 Å². The van der Waals surface area contributed by atoms with Gasteiger partial charge in [0.15, 0.2) is 23.1 Å². The molecule has 0 radical (unpaired) electrons. The van der Waals surface area contributed by atoms with Crippen LogP contribution in [-0.4, -0.2) is 19.4 Å². The third kappa shape index (κ3) is 5.95. The normalized spacial score (nSPS) is 12.4. The lowest BCUT2D eigenvalue weighted by Crippen LogP contribution is -2.17. The number of ether oxygens (including phenoxy) is 2. The molecule has 2 aromatic rings. The number of rotatable bonds is 10. The first-order valence-electron chi connectivity index (χ1n) is 9.33. The van der Waals surface area contributed by atoms with Gasteiger partial charge >= 0.3 is 0 Å². The molecule has 158 valence electrons. The molecule has 2 aromatic carbocycles. The summed E-state index contributed by atoms with van der Waals surface area (Å²) in [4.78, 5) is 0. The van der Waals surface area contributed by atoms with Crippen molar-refractivity contribution < 1.29 is 31.4 Å². The molecule has 0 bridgehead atoms. The van der Waals surface area contributed by atoms with Gasteiger partial charge in [-0.25, -0.2) is 13.2 Å². The Morgan fingerprint density at radius 2 is 1.45 bits per heavy atom. The minimum Gasteiger partial charge on any atom is -0.491 e. The predicted molar refractivity (Wildman–Crippen MR) is 101 cm³/mol. The molecule has 0 aliphatic heterocycles. The van der Waals surface area contributed by atoms with Crippen LogP contribution in [-0.2, 0) is 12.8 Å². The zero-order valence-electron chi connectivity index (χ0n) is 16.3. The fourth-order valence-electron chi connectivity index (χ4n) is 2.76. The van der Waals surface area contributed by atoms with Crippen LogP contribution in [0.1, 0.15) is 31.4 Å². The largest absolute Gasteiger partial charge is 0.491 e. The molecule has 0 saturated heterocycles. The third-order valence-corrected chi connectivity index (χ3v) is 4.23. The van der Waals surface area contributed by atoms with Crippen LogP contribution in [0.3, 0.4) is 0 Å². The van der Waals surface area contributed by atoms with E-state index in [9.17, 15) is 22.0 Å². The number of allylic oxidation sites excluding steroid dienone is 2. The zero-order chi connectivity index (χ0) is 21.4. The average Bonchev–Trinajstić information content (AvgIpc) is 2.70. The van der Waals surface area contributed by atoms with Crippen molar-refractivity contribution in [3.63, 3.8) is 0 Å². The van der Waals surface area contributed by atoms with Crippen LogP contribution in [0.15, 0.2) is 36.4 Å². The summed E-state index contributed by atoms with van der Waals surface area (Å²) in [6.45, 7) is 2.97. The van der Waals surface area contributed by atoms with Crippen molar-refractivity contribution in [3.05, 3.63) is 70.8 Å². The van der Waals surface area contributed by atoms with E-state index in [2.05, 4.69) is 0 Å². The smallest absolute Gasteiger partial charge is 0.200 e. The van der Waals surface area contributed by atoms with Crippen LogP contribution in [0.4, 0.5) is 22.0 Å². The Morgan fingerprint density at radius 3 is 2.07 bits per heavy atom. The van der Waals surface area contributed by atoms with Crippen LogP contribution in [0.5, 0.6) is 11.5 Å². The number of halogens is 5. The molecule has 0 N–H and O–H groups in total. The Kier molecular flexibility index (Phi) is 8.49. The van der Waals surface area contributed by atoms with Crippen molar-refractivity contribution in [1.82, 2.24) is 0 Å². The fraction of sp³-hybridized carbons (Fsp3) is 0.364. The van der Waals surface area contributed by atoms with E-state index >= 15 is 0 Å². The molecule has 0 aliphatic rings. The van der Waals surface area contributed by atoms with Gasteiger partial charge in [-0.15, -0.1) is 0 Å². The second-order valence-electron chi connectivity index (χ2n) is 6.35. The zero-order valence-corrected chi connectivity index (χ0v) is 16.3. The van der Waals surface area contributed by atoms with E-state index in [-0.39, 0.29) is 23.5 Å². The topological polar surface area (TPSA) is 18.5 Å². The van der Waals surface area contributed by atoms with Gasteiger partial charge in [-0.3, -0.25) is 0 Å². The minimum absolute atomic E-state index is 0.158. The van der Waals surface area contributed by atoms with Crippen molar-refractivity contribution >= 4 is 0 Å². The summed E-state index contributed by atoms with van der Waals surface area (Å²) >= 11 is 0. The second-order valence-corrected chi connectivity index (χ2v) is 6.35. The number of aryl methyl sites for hydroxylation is 1. The molecule has 2 nitrogen and oxygen atoms in total. The van der Waals surface area contributed by atoms with E-state index in [1.54, 1.807) is 6.92 Å². The molecule has 7 heteroatoms. The van der Waals surface area contributed by atoms with Gasteiger partial charge in [-0.1, -0.05) is 24.3 Å². The molecule has 1 unspecified atom stereocenters. The molecular formula is C22H23F5O2. The number of hydrogen-bond acceptors (Lipinski definition) is 2. The van der Waals surface area contributed by atoms with E-state index in [0.717, 1.165) is 0 Å². The number of hydrogen-bond donors (Lipinski definition) is 0. The van der Waals surface area contributed by atoms with E-state index in [1.807, 2.05) is 19.1 Å². The minimum atomic E-state index is -1.75. The van der Waals surface area contributed by atoms with Gasteiger partial charge in [0, 0.05) is 6.42 Å². The summed E-state index contributed by atoms with van der Waals surface area (Å²) in [5.74, 6) is -5.33. The van der Waals surface area contributed by atoms with Crippen molar-refractivity contribution in [2.75, 3.05) is 13.2 Å². The predicted octanol–water partition coefficient (Wildman–Crippen LogP) is 6.11. The highest BCUT2D eigenvalue weighted by molar-refractivity contribution is 5.32. The van der Waals surface area contributed by atoms with Gasteiger partial charge in [0.25, 0.3) is 0 Å². The lowest BCUT2D eigenvalue weighted by molar-refractivity contribution is 0.187. The Bertz CT molecular complexity index is 852. The van der Waals surface area contributed by atoms with Crippen LogP contribution in [0.2, 0.25) is 0 Å². The average molecular weight is 414 g/mol. The van der Waals surface area contributed by atoms with Crippen LogP contribution >= 0.6 is 0 Å². The Hall–Kier alpha value is -2.57. The van der Waals surface area contributed by atoms with E-state index < -0.39 is 48.2 Å². The summed E-state index contributed by atoms with van der Waals surface area (Å²) in [6, 6.07) is 5.04. The summed E-state index contributed by atoms with van der Waals surface area (Å²) in [5.41, 5.74) is -0.00952. The van der Waals surface area contributed by atoms with Gasteiger partial charge in [-0.2, -0.15) is 8.78 Å². The Morgan fingerprint density at radius 1 is 0.862 bits per heavy atom. The molecule has 1 atom stereocenters. The van der Waals surface area contributed by atoms with Gasteiger partial charge in [0.05, 0.1) is 6.61 Å². The van der Waals surface area contributed by atoms with Gasteiger partial charge in [-0.05, 0) is 49.9 Å². The molecule has 0 amide bonds. The van der Waals surface area contributed by atoms with Crippen LogP contribution in [0, 0.1) is 23.3 Å². The van der Waals surface area contributed by atoms with Crippen molar-refractivity contribution in [3.8, 4) is 11.5 Å². The highest BCUT2D eigenvalue weighted by Crippen LogP contribution is 2.26. The number of alkyl halides is 1. The molecule has 29 heavy (non-hydrogen) atoms. The first-order valence-corrected chi connectivity index (χ1v) is 9.33. The molecule has 0 heterocycles. The highest BCUT2D eigenvalue weighted by Gasteiger charge is 2.20. The first kappa shape index (κ1) is 22.7. The van der Waals surface area contributed by atoms with Gasteiger partial charge in [0.2, 0.25) is 11.6 Å². The summed E-state index contributed by atoms with van der Waals surface area (Å²) in [7, 11) is 0. The molecule has 0 saturated carbocycles. The first-order chi connectivity index (χ1) is 13.9. The standard InChI is InChI=1S/C22H23F5O2/c1-3-5-6-7-14-8-10-18(22(27)19(14)24)29-13-16(23)12-15-9-11-17(28-4-2)21(26)20(15)25/h3,5,8-11,16H,4,6-7,12-13H2,1-2H3. The van der Waals surface area contributed by atoms with Crippen molar-refractivity contribution in [2.24, 2.45) is 0 Å². The highest BCUT2D eigenvalue weighted by atomic mass is 19.2. The van der Waals surface area contributed by atoms with Crippen LogP contribution in [0.25, 0.3) is 0 Å². The van der Waals surface area contributed by atoms with E-state index in [4.69, 9.17) is 9.47 Å². The molecule has 0 spiro atoms. The summed E-state index contributed by atoms with van der Waals surface area (Å²) in [5, 5.41) is 0. The third-order valence-electron chi connectivity index (χ3n) is 4.23. The van der Waals surface area contributed by atoms with E-state index in [1.165, 1.54) is 24.3 Å². The number of benzene rings is 2. The second kappa shape index (κ2) is 10.8. The lowest BCUT2D eigenvalue weighted by atomic mass is 10.1. The summed E-state index contributed by atoms with van der Waals surface area (Å²) < 4.78 is 80.2. The quantitative estimate of drug-likeness (QED) is 0.345. The molecule has 0 aromatic heterocycles. The molecule has 2 rings (SSSR count). The van der Waals surface area contributed by atoms with E-state index in [0.29, 0.717) is 12.8 Å². The van der Waals surface area contributed by atoms with Gasteiger partial charge in [0.1, 0.15) is 12.8 Å². The van der Waals surface area contributed by atoms with Crippen molar-refractivity contribution in [1.29, 1.82) is 0 Å². The molecule has 0 fully saturated rings. The van der Waals surface area contributed by atoms with Gasteiger partial charge < -0.3 is 9.47 Å². The molecular weight excluding hydrogens is 391 g/mol. The summed E-state index contributed by atoms with van der Waals surface area (Å²) in [6.07, 6.45) is 2.29. The Labute approximate surface area is 167 Å². The maximum atomic E-state index is 14.2. The monoisotopic (exact) mass is 414 g/mol.